The highest BCUT2D eigenvalue weighted by Gasteiger charge is 2.12. The molecule has 20 heavy (non-hydrogen) atoms. The number of carbonyl (C=O) groups is 1. The van der Waals surface area contributed by atoms with Gasteiger partial charge in [0.1, 0.15) is 5.75 Å². The molecule has 0 unspecified atom stereocenters. The van der Waals surface area contributed by atoms with E-state index in [1.807, 2.05) is 31.2 Å². The minimum atomic E-state index is -0.0487. The summed E-state index contributed by atoms with van der Waals surface area (Å²) in [4.78, 5) is 11.7. The van der Waals surface area contributed by atoms with Crippen molar-refractivity contribution >= 4 is 21.7 Å². The van der Waals surface area contributed by atoms with Crippen molar-refractivity contribution in [3.05, 3.63) is 52.0 Å². The SMILES string of the molecule is COc1cc(C)ccc1Oc1ccc(Br)cc1C(C)=O. The van der Waals surface area contributed by atoms with Crippen LogP contribution in [0.15, 0.2) is 40.9 Å². The molecule has 2 aromatic carbocycles. The second-order valence-electron chi connectivity index (χ2n) is 4.45. The molecule has 0 bridgehead atoms. The van der Waals surface area contributed by atoms with Gasteiger partial charge in [0.15, 0.2) is 17.3 Å². The zero-order chi connectivity index (χ0) is 14.7. The van der Waals surface area contributed by atoms with Gasteiger partial charge >= 0.3 is 0 Å². The highest BCUT2D eigenvalue weighted by Crippen LogP contribution is 2.34. The lowest BCUT2D eigenvalue weighted by atomic mass is 10.1. The molecule has 0 aromatic heterocycles. The molecule has 0 radical (unpaired) electrons. The molecule has 0 saturated heterocycles. The summed E-state index contributed by atoms with van der Waals surface area (Å²) in [5.41, 5.74) is 1.61. The maximum absolute atomic E-state index is 11.7. The lowest BCUT2D eigenvalue weighted by Crippen LogP contribution is -1.98. The summed E-state index contributed by atoms with van der Waals surface area (Å²) < 4.78 is 12.0. The Labute approximate surface area is 126 Å². The molecule has 0 amide bonds. The zero-order valence-corrected chi connectivity index (χ0v) is 13.2. The van der Waals surface area contributed by atoms with Gasteiger partial charge in [-0.1, -0.05) is 22.0 Å². The smallest absolute Gasteiger partial charge is 0.169 e. The molecule has 0 fully saturated rings. The Morgan fingerprint density at radius 3 is 2.40 bits per heavy atom. The Morgan fingerprint density at radius 2 is 1.75 bits per heavy atom. The summed E-state index contributed by atoms with van der Waals surface area (Å²) in [6.45, 7) is 3.49. The Morgan fingerprint density at radius 1 is 1.05 bits per heavy atom. The molecule has 3 nitrogen and oxygen atoms in total. The lowest BCUT2D eigenvalue weighted by molar-refractivity contribution is 0.101. The van der Waals surface area contributed by atoms with Crippen molar-refractivity contribution in [2.24, 2.45) is 0 Å². The summed E-state index contributed by atoms with van der Waals surface area (Å²) in [7, 11) is 1.59. The van der Waals surface area contributed by atoms with Crippen molar-refractivity contribution in [2.75, 3.05) is 7.11 Å². The topological polar surface area (TPSA) is 35.5 Å². The van der Waals surface area contributed by atoms with Gasteiger partial charge in [0, 0.05) is 4.47 Å². The first-order valence-corrected chi connectivity index (χ1v) is 6.93. The van der Waals surface area contributed by atoms with E-state index in [-0.39, 0.29) is 5.78 Å². The first-order chi connectivity index (χ1) is 9.51. The normalized spacial score (nSPS) is 10.2. The number of ether oxygens (including phenoxy) is 2. The van der Waals surface area contributed by atoms with Gasteiger partial charge in [-0.2, -0.15) is 0 Å². The quantitative estimate of drug-likeness (QED) is 0.756. The highest BCUT2D eigenvalue weighted by molar-refractivity contribution is 9.10. The monoisotopic (exact) mass is 334 g/mol. The van der Waals surface area contributed by atoms with Crippen LogP contribution in [0, 0.1) is 6.92 Å². The van der Waals surface area contributed by atoms with Gasteiger partial charge < -0.3 is 9.47 Å². The third kappa shape index (κ3) is 3.20. The number of carbonyl (C=O) groups excluding carboxylic acids is 1. The molecule has 2 aromatic rings. The van der Waals surface area contributed by atoms with E-state index in [0.717, 1.165) is 10.0 Å². The van der Waals surface area contributed by atoms with Crippen molar-refractivity contribution in [3.63, 3.8) is 0 Å². The number of benzene rings is 2. The van der Waals surface area contributed by atoms with Gasteiger partial charge in [-0.05, 0) is 49.7 Å². The predicted molar refractivity (Wildman–Crippen MR) is 82.0 cm³/mol. The summed E-state index contributed by atoms with van der Waals surface area (Å²) >= 11 is 3.36. The van der Waals surface area contributed by atoms with Crippen LogP contribution in [0.3, 0.4) is 0 Å². The van der Waals surface area contributed by atoms with Crippen LogP contribution in [0.2, 0.25) is 0 Å². The van der Waals surface area contributed by atoms with Crippen molar-refractivity contribution < 1.29 is 14.3 Å². The van der Waals surface area contributed by atoms with E-state index in [0.29, 0.717) is 22.8 Å². The molecule has 0 aliphatic rings. The maximum atomic E-state index is 11.7. The fourth-order valence-electron chi connectivity index (χ4n) is 1.84. The van der Waals surface area contributed by atoms with E-state index in [2.05, 4.69) is 15.9 Å². The maximum Gasteiger partial charge on any atom is 0.169 e. The van der Waals surface area contributed by atoms with Gasteiger partial charge in [0.05, 0.1) is 12.7 Å². The molecule has 0 saturated carbocycles. The van der Waals surface area contributed by atoms with Crippen LogP contribution in [0.4, 0.5) is 0 Å². The fraction of sp³-hybridized carbons (Fsp3) is 0.188. The molecule has 2 rings (SSSR count). The molecule has 0 spiro atoms. The predicted octanol–water partition coefficient (Wildman–Crippen LogP) is 4.76. The average Bonchev–Trinajstić information content (AvgIpc) is 2.42. The van der Waals surface area contributed by atoms with Crippen LogP contribution >= 0.6 is 15.9 Å². The second kappa shape index (κ2) is 6.09. The van der Waals surface area contributed by atoms with E-state index in [9.17, 15) is 4.79 Å². The Kier molecular flexibility index (Phi) is 4.45. The van der Waals surface area contributed by atoms with Gasteiger partial charge in [0.25, 0.3) is 0 Å². The van der Waals surface area contributed by atoms with Gasteiger partial charge in [-0.15, -0.1) is 0 Å². The zero-order valence-electron chi connectivity index (χ0n) is 11.6. The number of Topliss-reactive ketones (excluding diaryl/α,β-unsaturated/α-hetero) is 1. The van der Waals surface area contributed by atoms with Crippen LogP contribution in [0.1, 0.15) is 22.8 Å². The molecule has 0 aliphatic heterocycles. The number of aryl methyl sites for hydroxylation is 1. The van der Waals surface area contributed by atoms with Crippen LogP contribution in [0.5, 0.6) is 17.2 Å². The minimum Gasteiger partial charge on any atom is -0.493 e. The van der Waals surface area contributed by atoms with Gasteiger partial charge in [0.2, 0.25) is 0 Å². The number of rotatable bonds is 4. The van der Waals surface area contributed by atoms with E-state index in [1.54, 1.807) is 19.2 Å². The Balaban J connectivity index is 2.42. The van der Waals surface area contributed by atoms with Crippen LogP contribution in [0.25, 0.3) is 0 Å². The first-order valence-electron chi connectivity index (χ1n) is 6.14. The molecule has 0 aliphatic carbocycles. The lowest BCUT2D eigenvalue weighted by Gasteiger charge is -2.13. The van der Waals surface area contributed by atoms with E-state index in [4.69, 9.17) is 9.47 Å². The molecule has 0 N–H and O–H groups in total. The summed E-state index contributed by atoms with van der Waals surface area (Å²) in [5.74, 6) is 1.69. The largest absolute Gasteiger partial charge is 0.493 e. The number of hydrogen-bond acceptors (Lipinski definition) is 3. The number of halogens is 1. The molecular weight excluding hydrogens is 320 g/mol. The first kappa shape index (κ1) is 14.6. The number of hydrogen-bond donors (Lipinski definition) is 0. The van der Waals surface area contributed by atoms with Crippen molar-refractivity contribution in [1.29, 1.82) is 0 Å². The van der Waals surface area contributed by atoms with E-state index < -0.39 is 0 Å². The average molecular weight is 335 g/mol. The van der Waals surface area contributed by atoms with Crippen molar-refractivity contribution in [3.8, 4) is 17.2 Å². The highest BCUT2D eigenvalue weighted by atomic mass is 79.9. The van der Waals surface area contributed by atoms with Gasteiger partial charge in [-0.25, -0.2) is 0 Å². The Bertz CT molecular complexity index is 650. The minimum absolute atomic E-state index is 0.0487. The molecule has 104 valence electrons. The number of methoxy groups -OCH3 is 1. The third-order valence-corrected chi connectivity index (χ3v) is 3.35. The summed E-state index contributed by atoms with van der Waals surface area (Å²) in [6, 6.07) is 11.0. The van der Waals surface area contributed by atoms with Crippen LogP contribution in [-0.4, -0.2) is 12.9 Å². The second-order valence-corrected chi connectivity index (χ2v) is 5.37. The number of ketones is 1. The molecule has 4 heteroatoms. The van der Waals surface area contributed by atoms with E-state index in [1.165, 1.54) is 6.92 Å². The van der Waals surface area contributed by atoms with Crippen molar-refractivity contribution in [2.45, 2.75) is 13.8 Å². The molecular formula is C16H15BrO3. The fourth-order valence-corrected chi connectivity index (χ4v) is 2.21. The Hall–Kier alpha value is -1.81. The third-order valence-electron chi connectivity index (χ3n) is 2.86. The van der Waals surface area contributed by atoms with Crippen LogP contribution < -0.4 is 9.47 Å². The summed E-state index contributed by atoms with van der Waals surface area (Å²) in [5, 5.41) is 0. The summed E-state index contributed by atoms with van der Waals surface area (Å²) in [6.07, 6.45) is 0. The van der Waals surface area contributed by atoms with Gasteiger partial charge in [-0.3, -0.25) is 4.79 Å². The van der Waals surface area contributed by atoms with Crippen molar-refractivity contribution in [1.82, 2.24) is 0 Å². The van der Waals surface area contributed by atoms with Crippen LogP contribution in [-0.2, 0) is 0 Å². The standard InChI is InChI=1S/C16H15BrO3/c1-10-4-6-15(16(8-10)19-3)20-14-7-5-12(17)9-13(14)11(2)18/h4-9H,1-3H3. The molecule has 0 atom stereocenters. The molecule has 0 heterocycles. The van der Waals surface area contributed by atoms with E-state index >= 15 is 0 Å².